The number of hydrogen-bond donors (Lipinski definition) is 1. The van der Waals surface area contributed by atoms with E-state index in [1.807, 2.05) is 13.8 Å². The van der Waals surface area contributed by atoms with Crippen LogP contribution in [0.1, 0.15) is 111 Å². The quantitative estimate of drug-likeness (QED) is 0.261. The fourth-order valence-corrected chi connectivity index (χ4v) is 2.84. The number of nitrogens with two attached hydrogens (primary N) is 1. The van der Waals surface area contributed by atoms with Gasteiger partial charge in [-0.3, -0.25) is 4.79 Å². The third-order valence-electron chi connectivity index (χ3n) is 4.73. The van der Waals surface area contributed by atoms with E-state index in [2.05, 4.69) is 6.92 Å². The molecule has 0 aliphatic heterocycles. The van der Waals surface area contributed by atoms with Crippen LogP contribution < -0.4 is 5.73 Å². The molecule has 3 heteroatoms. The highest BCUT2D eigenvalue weighted by molar-refractivity contribution is 5.75. The number of carbonyl (C=O) groups excluding carboxylic acids is 1. The zero-order valence-electron chi connectivity index (χ0n) is 16.7. The zero-order chi connectivity index (χ0) is 18.0. The van der Waals surface area contributed by atoms with E-state index in [0.29, 0.717) is 6.61 Å². The highest BCUT2D eigenvalue weighted by atomic mass is 16.5. The minimum atomic E-state index is -0.475. The van der Waals surface area contributed by atoms with Crippen molar-refractivity contribution in [2.75, 3.05) is 6.61 Å². The van der Waals surface area contributed by atoms with Crippen molar-refractivity contribution in [1.29, 1.82) is 0 Å². The molecule has 0 saturated heterocycles. The van der Waals surface area contributed by atoms with Crippen LogP contribution in [0.4, 0.5) is 0 Å². The molecule has 0 radical (unpaired) electrons. The second kappa shape index (κ2) is 17.3. The van der Waals surface area contributed by atoms with Gasteiger partial charge in [-0.2, -0.15) is 0 Å². The first-order valence-electron chi connectivity index (χ1n) is 10.5. The Morgan fingerprint density at radius 2 is 1.12 bits per heavy atom. The van der Waals surface area contributed by atoms with E-state index in [1.165, 1.54) is 77.0 Å². The van der Waals surface area contributed by atoms with E-state index < -0.39 is 6.04 Å². The predicted octanol–water partition coefficient (Wildman–Crippen LogP) is 5.99. The molecule has 0 saturated carbocycles. The smallest absolute Gasteiger partial charge is 0.323 e. The van der Waals surface area contributed by atoms with E-state index >= 15 is 0 Å². The van der Waals surface area contributed by atoms with Crippen molar-refractivity contribution in [3.8, 4) is 0 Å². The molecule has 0 rings (SSSR count). The lowest BCUT2D eigenvalue weighted by Gasteiger charge is -2.14. The maximum Gasteiger partial charge on any atom is 0.323 e. The predicted molar refractivity (Wildman–Crippen MR) is 104 cm³/mol. The monoisotopic (exact) mass is 341 g/mol. The lowest BCUT2D eigenvalue weighted by molar-refractivity contribution is -0.146. The van der Waals surface area contributed by atoms with Gasteiger partial charge >= 0.3 is 5.97 Å². The standard InChI is InChI=1S/C21H43NO2/c1-4-5-6-7-8-9-10-11-12-13-14-15-16-17-18-24-21(23)20(22)19(2)3/h19-20H,4-18,22H2,1-3H3/t20-/m0/s1. The Bertz CT molecular complexity index is 279. The maximum absolute atomic E-state index is 11.6. The molecule has 0 unspecified atom stereocenters. The number of ether oxygens (including phenoxy) is 1. The van der Waals surface area contributed by atoms with Crippen molar-refractivity contribution < 1.29 is 9.53 Å². The van der Waals surface area contributed by atoms with Gasteiger partial charge in [-0.15, -0.1) is 0 Å². The number of hydrogen-bond acceptors (Lipinski definition) is 3. The van der Waals surface area contributed by atoms with E-state index in [-0.39, 0.29) is 11.9 Å². The van der Waals surface area contributed by atoms with Gasteiger partial charge in [0.2, 0.25) is 0 Å². The minimum absolute atomic E-state index is 0.147. The van der Waals surface area contributed by atoms with Gasteiger partial charge in [0.1, 0.15) is 6.04 Å². The molecule has 3 nitrogen and oxygen atoms in total. The van der Waals surface area contributed by atoms with Crippen LogP contribution in [0, 0.1) is 5.92 Å². The van der Waals surface area contributed by atoms with E-state index in [9.17, 15) is 4.79 Å². The number of esters is 1. The van der Waals surface area contributed by atoms with Crippen molar-refractivity contribution in [3.05, 3.63) is 0 Å². The molecule has 1 atom stereocenters. The summed E-state index contributed by atoms with van der Waals surface area (Å²) in [4.78, 5) is 11.6. The topological polar surface area (TPSA) is 52.3 Å². The summed E-state index contributed by atoms with van der Waals surface area (Å²) in [6, 6.07) is -0.475. The van der Waals surface area contributed by atoms with Gasteiger partial charge in [-0.05, 0) is 12.3 Å². The SMILES string of the molecule is CCCCCCCCCCCCCCCCOC(=O)[C@@H](N)C(C)C. The first-order chi connectivity index (χ1) is 11.6. The van der Waals surface area contributed by atoms with Crippen LogP contribution in [0.2, 0.25) is 0 Å². The van der Waals surface area contributed by atoms with Crippen molar-refractivity contribution in [1.82, 2.24) is 0 Å². The van der Waals surface area contributed by atoms with Gasteiger partial charge in [0.15, 0.2) is 0 Å². The van der Waals surface area contributed by atoms with Crippen molar-refractivity contribution in [3.63, 3.8) is 0 Å². The van der Waals surface area contributed by atoms with E-state index in [0.717, 1.165) is 12.8 Å². The fourth-order valence-electron chi connectivity index (χ4n) is 2.84. The molecule has 0 bridgehead atoms. The molecule has 0 spiro atoms. The third kappa shape index (κ3) is 15.0. The van der Waals surface area contributed by atoms with Crippen LogP contribution >= 0.6 is 0 Å². The number of rotatable bonds is 17. The van der Waals surface area contributed by atoms with Gasteiger partial charge in [0, 0.05) is 0 Å². The first kappa shape index (κ1) is 23.4. The molecule has 0 aliphatic carbocycles. The molecule has 24 heavy (non-hydrogen) atoms. The second-order valence-electron chi connectivity index (χ2n) is 7.53. The number of carbonyl (C=O) groups is 1. The van der Waals surface area contributed by atoms with Crippen LogP contribution in [0.3, 0.4) is 0 Å². The van der Waals surface area contributed by atoms with Crippen molar-refractivity contribution >= 4 is 5.97 Å². The summed E-state index contributed by atoms with van der Waals surface area (Å²) < 4.78 is 5.21. The zero-order valence-corrected chi connectivity index (χ0v) is 16.7. The Morgan fingerprint density at radius 3 is 1.50 bits per heavy atom. The molecule has 0 heterocycles. The Hall–Kier alpha value is -0.570. The third-order valence-corrected chi connectivity index (χ3v) is 4.73. The average Bonchev–Trinajstić information content (AvgIpc) is 2.57. The Labute approximate surface area is 151 Å². The minimum Gasteiger partial charge on any atom is -0.465 e. The Morgan fingerprint density at radius 1 is 0.750 bits per heavy atom. The highest BCUT2D eigenvalue weighted by Crippen LogP contribution is 2.13. The molecular weight excluding hydrogens is 298 g/mol. The summed E-state index contributed by atoms with van der Waals surface area (Å²) in [5.74, 6) is -0.103. The molecular formula is C21H43NO2. The molecule has 0 amide bonds. The Kier molecular flexibility index (Phi) is 16.8. The average molecular weight is 342 g/mol. The van der Waals surface area contributed by atoms with Crippen molar-refractivity contribution in [2.24, 2.45) is 11.7 Å². The highest BCUT2D eigenvalue weighted by Gasteiger charge is 2.18. The van der Waals surface area contributed by atoms with Gasteiger partial charge in [-0.25, -0.2) is 0 Å². The molecule has 0 aromatic heterocycles. The molecule has 0 aromatic carbocycles. The summed E-state index contributed by atoms with van der Waals surface area (Å²) in [6.07, 6.45) is 18.7. The maximum atomic E-state index is 11.6. The first-order valence-corrected chi connectivity index (χ1v) is 10.5. The molecule has 2 N–H and O–H groups in total. The summed E-state index contributed by atoms with van der Waals surface area (Å²) in [5, 5.41) is 0. The van der Waals surface area contributed by atoms with E-state index in [1.54, 1.807) is 0 Å². The van der Waals surface area contributed by atoms with Crippen LogP contribution in [0.5, 0.6) is 0 Å². The van der Waals surface area contributed by atoms with Crippen LogP contribution in [0.25, 0.3) is 0 Å². The second-order valence-corrected chi connectivity index (χ2v) is 7.53. The van der Waals surface area contributed by atoms with Gasteiger partial charge in [0.25, 0.3) is 0 Å². The summed E-state index contributed by atoms with van der Waals surface area (Å²) in [5.41, 5.74) is 5.75. The van der Waals surface area contributed by atoms with Gasteiger partial charge < -0.3 is 10.5 Å². The van der Waals surface area contributed by atoms with Crippen LogP contribution in [-0.4, -0.2) is 18.6 Å². The Balaban J connectivity index is 3.17. The summed E-state index contributed by atoms with van der Waals surface area (Å²) in [6.45, 7) is 6.68. The normalized spacial score (nSPS) is 12.5. The summed E-state index contributed by atoms with van der Waals surface area (Å²) in [7, 11) is 0. The molecule has 0 aliphatic rings. The largest absolute Gasteiger partial charge is 0.465 e. The van der Waals surface area contributed by atoms with E-state index in [4.69, 9.17) is 10.5 Å². The molecule has 0 aromatic rings. The van der Waals surface area contributed by atoms with Crippen LogP contribution in [-0.2, 0) is 9.53 Å². The summed E-state index contributed by atoms with van der Waals surface area (Å²) >= 11 is 0. The number of unbranched alkanes of at least 4 members (excludes halogenated alkanes) is 13. The van der Waals surface area contributed by atoms with Gasteiger partial charge in [-0.1, -0.05) is 104 Å². The van der Waals surface area contributed by atoms with Crippen LogP contribution in [0.15, 0.2) is 0 Å². The molecule has 144 valence electrons. The lowest BCUT2D eigenvalue weighted by Crippen LogP contribution is -2.37. The van der Waals surface area contributed by atoms with Crippen molar-refractivity contribution in [2.45, 2.75) is 117 Å². The lowest BCUT2D eigenvalue weighted by atomic mass is 10.0. The fraction of sp³-hybridized carbons (Fsp3) is 0.952. The molecule has 0 fully saturated rings. The van der Waals surface area contributed by atoms with Gasteiger partial charge in [0.05, 0.1) is 6.61 Å².